The molecule has 0 atom stereocenters. The van der Waals surface area contributed by atoms with Crippen molar-refractivity contribution in [3.05, 3.63) is 51.4 Å². The van der Waals surface area contributed by atoms with Gasteiger partial charge in [0.05, 0.1) is 5.69 Å². The van der Waals surface area contributed by atoms with Gasteiger partial charge in [-0.15, -0.1) is 0 Å². The molecule has 102 valence electrons. The summed E-state index contributed by atoms with van der Waals surface area (Å²) in [7, 11) is 0. The Kier molecular flexibility index (Phi) is 3.40. The number of hydrogen-bond acceptors (Lipinski definition) is 1. The molecule has 0 spiro atoms. The van der Waals surface area contributed by atoms with Crippen molar-refractivity contribution in [2.75, 3.05) is 0 Å². The molecule has 3 heteroatoms. The lowest BCUT2D eigenvalue weighted by molar-refractivity contribution is 0.578. The van der Waals surface area contributed by atoms with Crippen LogP contribution in [0.2, 0.25) is 0 Å². The average molecular weight is 258 g/mol. The molecule has 0 aliphatic rings. The molecule has 2 rings (SSSR count). The van der Waals surface area contributed by atoms with E-state index in [1.54, 1.807) is 4.68 Å². The highest BCUT2D eigenvalue weighted by Gasteiger charge is 2.25. The van der Waals surface area contributed by atoms with Crippen molar-refractivity contribution in [3.8, 4) is 5.69 Å². The minimum Gasteiger partial charge on any atom is -0.295 e. The van der Waals surface area contributed by atoms with Crippen molar-refractivity contribution in [1.82, 2.24) is 9.78 Å². The van der Waals surface area contributed by atoms with Crippen molar-refractivity contribution in [2.45, 2.75) is 46.5 Å². The smallest absolute Gasteiger partial charge is 0.275 e. The molecule has 0 bridgehead atoms. The lowest BCUT2D eigenvalue weighted by atomic mass is 9.86. The molecule has 0 saturated carbocycles. The van der Waals surface area contributed by atoms with Crippen LogP contribution in [0.4, 0.5) is 0 Å². The molecule has 0 aliphatic carbocycles. The lowest BCUT2D eigenvalue weighted by Crippen LogP contribution is -2.25. The first-order chi connectivity index (χ1) is 8.84. The van der Waals surface area contributed by atoms with Crippen molar-refractivity contribution >= 4 is 0 Å². The second-order valence-electron chi connectivity index (χ2n) is 6.05. The van der Waals surface area contributed by atoms with E-state index < -0.39 is 0 Å². The van der Waals surface area contributed by atoms with Crippen LogP contribution in [0.5, 0.6) is 0 Å². The van der Waals surface area contributed by atoms with Crippen LogP contribution in [0, 0.1) is 6.92 Å². The van der Waals surface area contributed by atoms with E-state index in [1.165, 1.54) is 0 Å². The van der Waals surface area contributed by atoms with E-state index in [2.05, 4.69) is 32.8 Å². The summed E-state index contributed by atoms with van der Waals surface area (Å²) in [5.74, 6) is 0. The molecule has 1 aromatic heterocycles. The first-order valence-corrected chi connectivity index (χ1v) is 6.76. The third kappa shape index (κ3) is 2.50. The zero-order valence-corrected chi connectivity index (χ0v) is 12.4. The number of nitrogens with zero attached hydrogens (tertiary/aromatic N) is 1. The van der Waals surface area contributed by atoms with Gasteiger partial charge in [0.2, 0.25) is 0 Å². The maximum atomic E-state index is 12.6. The summed E-state index contributed by atoms with van der Waals surface area (Å²) in [5, 5.41) is 3.25. The van der Waals surface area contributed by atoms with Gasteiger partial charge in [0, 0.05) is 11.3 Å². The summed E-state index contributed by atoms with van der Waals surface area (Å²) in [5.41, 5.74) is 3.88. The van der Waals surface area contributed by atoms with Crippen LogP contribution in [0.1, 0.15) is 44.5 Å². The van der Waals surface area contributed by atoms with Crippen LogP contribution in [0.25, 0.3) is 5.69 Å². The SMILES string of the molecule is CCc1[nH]n(-c2cccc(C)c2)c(=O)c1C(C)(C)C. The van der Waals surface area contributed by atoms with Gasteiger partial charge in [0.15, 0.2) is 0 Å². The Labute approximate surface area is 114 Å². The number of aromatic amines is 1. The molecule has 0 aliphatic heterocycles. The van der Waals surface area contributed by atoms with E-state index in [0.29, 0.717) is 0 Å². The highest BCUT2D eigenvalue weighted by Crippen LogP contribution is 2.23. The predicted molar refractivity (Wildman–Crippen MR) is 79.2 cm³/mol. The minimum atomic E-state index is -0.145. The molecule has 2 aromatic rings. The quantitative estimate of drug-likeness (QED) is 0.881. The van der Waals surface area contributed by atoms with Gasteiger partial charge in [-0.1, -0.05) is 39.8 Å². The minimum absolute atomic E-state index is 0.0648. The first-order valence-electron chi connectivity index (χ1n) is 6.76. The third-order valence-electron chi connectivity index (χ3n) is 3.33. The van der Waals surface area contributed by atoms with Crippen LogP contribution in [-0.4, -0.2) is 9.78 Å². The van der Waals surface area contributed by atoms with Gasteiger partial charge >= 0.3 is 0 Å². The molecule has 0 fully saturated rings. The highest BCUT2D eigenvalue weighted by atomic mass is 16.1. The molecule has 0 radical (unpaired) electrons. The second-order valence-corrected chi connectivity index (χ2v) is 6.05. The van der Waals surface area contributed by atoms with Gasteiger partial charge in [0.1, 0.15) is 0 Å². The standard InChI is InChI=1S/C16H22N2O/c1-6-13-14(16(3,4)5)15(19)18(17-13)12-9-7-8-11(2)10-12/h7-10,17H,6H2,1-5H3. The number of hydrogen-bond donors (Lipinski definition) is 1. The fraction of sp³-hybridized carbons (Fsp3) is 0.438. The molecule has 0 saturated heterocycles. The van der Waals surface area contributed by atoms with Crippen molar-refractivity contribution in [3.63, 3.8) is 0 Å². The molecule has 19 heavy (non-hydrogen) atoms. The van der Waals surface area contributed by atoms with E-state index in [1.807, 2.05) is 31.2 Å². The topological polar surface area (TPSA) is 37.8 Å². The van der Waals surface area contributed by atoms with Crippen LogP contribution in [0.15, 0.2) is 29.1 Å². The van der Waals surface area contributed by atoms with Crippen LogP contribution >= 0.6 is 0 Å². The Morgan fingerprint density at radius 3 is 2.42 bits per heavy atom. The number of aryl methyl sites for hydroxylation is 2. The monoisotopic (exact) mass is 258 g/mol. The summed E-state index contributed by atoms with van der Waals surface area (Å²) in [4.78, 5) is 12.6. The number of benzene rings is 1. The molecule has 1 N–H and O–H groups in total. The highest BCUT2D eigenvalue weighted by molar-refractivity contribution is 5.37. The second kappa shape index (κ2) is 4.72. The van der Waals surface area contributed by atoms with E-state index >= 15 is 0 Å². The third-order valence-corrected chi connectivity index (χ3v) is 3.33. The summed E-state index contributed by atoms with van der Waals surface area (Å²) in [6.45, 7) is 10.3. The van der Waals surface area contributed by atoms with Gasteiger partial charge in [0.25, 0.3) is 5.56 Å². The van der Waals surface area contributed by atoms with E-state index in [0.717, 1.165) is 28.9 Å². The fourth-order valence-electron chi connectivity index (χ4n) is 2.46. The normalized spacial score (nSPS) is 11.8. The summed E-state index contributed by atoms with van der Waals surface area (Å²) in [6, 6.07) is 7.98. The maximum Gasteiger partial charge on any atom is 0.275 e. The first kappa shape index (κ1) is 13.7. The predicted octanol–water partition coefficient (Wildman–Crippen LogP) is 3.33. The van der Waals surface area contributed by atoms with Crippen LogP contribution in [0.3, 0.4) is 0 Å². The van der Waals surface area contributed by atoms with Gasteiger partial charge in [-0.2, -0.15) is 0 Å². The Balaban J connectivity index is 2.68. The van der Waals surface area contributed by atoms with Crippen molar-refractivity contribution in [1.29, 1.82) is 0 Å². The number of H-pyrrole nitrogens is 1. The van der Waals surface area contributed by atoms with Crippen molar-refractivity contribution < 1.29 is 0 Å². The number of aromatic nitrogens is 2. The molecule has 1 aromatic carbocycles. The average Bonchev–Trinajstić information content (AvgIpc) is 2.66. The molecule has 1 heterocycles. The zero-order valence-electron chi connectivity index (χ0n) is 12.4. The Morgan fingerprint density at radius 2 is 1.95 bits per heavy atom. The van der Waals surface area contributed by atoms with Crippen LogP contribution < -0.4 is 5.56 Å². The largest absolute Gasteiger partial charge is 0.295 e. The summed E-state index contributed by atoms with van der Waals surface area (Å²) in [6.07, 6.45) is 0.834. The molecule has 3 nitrogen and oxygen atoms in total. The Bertz CT molecular complexity index is 641. The van der Waals surface area contributed by atoms with Crippen LogP contribution in [-0.2, 0) is 11.8 Å². The number of nitrogens with one attached hydrogen (secondary N) is 1. The van der Waals surface area contributed by atoms with Gasteiger partial charge < -0.3 is 0 Å². The fourth-order valence-corrected chi connectivity index (χ4v) is 2.46. The number of rotatable bonds is 2. The Morgan fingerprint density at radius 1 is 1.26 bits per heavy atom. The van der Waals surface area contributed by atoms with Gasteiger partial charge in [-0.25, -0.2) is 4.68 Å². The summed E-state index contributed by atoms with van der Waals surface area (Å²) < 4.78 is 1.66. The molecule has 0 unspecified atom stereocenters. The zero-order chi connectivity index (χ0) is 14.2. The maximum absolute atomic E-state index is 12.6. The van der Waals surface area contributed by atoms with E-state index in [9.17, 15) is 4.79 Å². The lowest BCUT2D eigenvalue weighted by Gasteiger charge is -2.16. The Hall–Kier alpha value is -1.77. The van der Waals surface area contributed by atoms with Gasteiger partial charge in [-0.05, 0) is 36.5 Å². The molecular formula is C16H22N2O. The van der Waals surface area contributed by atoms with E-state index in [4.69, 9.17) is 0 Å². The van der Waals surface area contributed by atoms with Crippen molar-refractivity contribution in [2.24, 2.45) is 0 Å². The molecular weight excluding hydrogens is 236 g/mol. The molecule has 0 amide bonds. The van der Waals surface area contributed by atoms with E-state index in [-0.39, 0.29) is 11.0 Å². The summed E-state index contributed by atoms with van der Waals surface area (Å²) >= 11 is 0. The van der Waals surface area contributed by atoms with Gasteiger partial charge in [-0.3, -0.25) is 9.89 Å².